The summed E-state index contributed by atoms with van der Waals surface area (Å²) >= 11 is 6.00. The molecule has 0 spiro atoms. The highest BCUT2D eigenvalue weighted by Gasteiger charge is 2.18. The normalized spacial score (nSPS) is 11.8. The predicted molar refractivity (Wildman–Crippen MR) is 68.5 cm³/mol. The molecule has 0 atom stereocenters. The number of rotatable bonds is 1. The highest BCUT2D eigenvalue weighted by atomic mass is 35.5. The number of hydrogen-bond donors (Lipinski definition) is 1. The number of benzene rings is 1. The number of halogens is 1. The van der Waals surface area contributed by atoms with Crippen molar-refractivity contribution in [1.29, 1.82) is 0 Å². The van der Waals surface area contributed by atoms with E-state index < -0.39 is 5.60 Å². The van der Waals surface area contributed by atoms with Gasteiger partial charge >= 0.3 is 5.97 Å². The Morgan fingerprint density at radius 3 is 2.71 bits per heavy atom. The van der Waals surface area contributed by atoms with Gasteiger partial charge in [0.2, 0.25) is 0 Å². The maximum Gasteiger partial charge on any atom is 0.338 e. The van der Waals surface area contributed by atoms with E-state index in [2.05, 4.69) is 4.98 Å². The zero-order chi connectivity index (χ0) is 12.6. The van der Waals surface area contributed by atoms with Gasteiger partial charge in [0.15, 0.2) is 0 Å². The van der Waals surface area contributed by atoms with Gasteiger partial charge in [-0.3, -0.25) is 0 Å². The molecule has 0 saturated heterocycles. The third-order valence-corrected chi connectivity index (χ3v) is 2.58. The minimum Gasteiger partial charge on any atom is -0.456 e. The lowest BCUT2D eigenvalue weighted by Crippen LogP contribution is -2.23. The van der Waals surface area contributed by atoms with Crippen molar-refractivity contribution in [3.05, 3.63) is 35.0 Å². The number of aromatic nitrogens is 1. The maximum atomic E-state index is 11.9. The highest BCUT2D eigenvalue weighted by molar-refractivity contribution is 6.35. The number of nitrogens with one attached hydrogen (secondary N) is 1. The number of carbonyl (C=O) groups excluding carboxylic acids is 1. The van der Waals surface area contributed by atoms with Crippen LogP contribution in [-0.2, 0) is 4.74 Å². The molecule has 0 aliphatic carbocycles. The molecule has 0 unspecified atom stereocenters. The number of fused-ring (bicyclic) bond motifs is 1. The van der Waals surface area contributed by atoms with Gasteiger partial charge in [0, 0.05) is 17.1 Å². The van der Waals surface area contributed by atoms with Gasteiger partial charge in [0.05, 0.1) is 10.6 Å². The monoisotopic (exact) mass is 251 g/mol. The molecule has 90 valence electrons. The Balaban J connectivity index is 2.36. The lowest BCUT2D eigenvalue weighted by molar-refractivity contribution is 0.00697. The first kappa shape index (κ1) is 12.0. The van der Waals surface area contributed by atoms with E-state index in [9.17, 15) is 4.79 Å². The molecule has 4 heteroatoms. The molecule has 0 fully saturated rings. The topological polar surface area (TPSA) is 42.1 Å². The van der Waals surface area contributed by atoms with Crippen molar-refractivity contribution < 1.29 is 9.53 Å². The zero-order valence-corrected chi connectivity index (χ0v) is 10.8. The third-order valence-electron chi connectivity index (χ3n) is 2.27. The molecule has 0 bridgehead atoms. The van der Waals surface area contributed by atoms with E-state index in [0.717, 1.165) is 10.9 Å². The van der Waals surface area contributed by atoms with Crippen LogP contribution < -0.4 is 0 Å². The fourth-order valence-corrected chi connectivity index (χ4v) is 1.76. The lowest BCUT2D eigenvalue weighted by Gasteiger charge is -2.19. The van der Waals surface area contributed by atoms with Crippen molar-refractivity contribution in [3.63, 3.8) is 0 Å². The first-order chi connectivity index (χ1) is 7.87. The Morgan fingerprint density at radius 1 is 1.35 bits per heavy atom. The fourth-order valence-electron chi connectivity index (χ4n) is 1.55. The molecule has 3 nitrogen and oxygen atoms in total. The van der Waals surface area contributed by atoms with E-state index >= 15 is 0 Å². The second-order valence-electron chi connectivity index (χ2n) is 4.90. The van der Waals surface area contributed by atoms with Crippen LogP contribution in [0.25, 0.3) is 10.9 Å². The SMILES string of the molecule is CC(C)(C)OC(=O)c1ccc2[nH]cc(Cl)c2c1. The second kappa shape index (κ2) is 4.08. The summed E-state index contributed by atoms with van der Waals surface area (Å²) in [6, 6.07) is 5.28. The van der Waals surface area contributed by atoms with Gasteiger partial charge in [-0.05, 0) is 39.0 Å². The first-order valence-corrected chi connectivity index (χ1v) is 5.74. The van der Waals surface area contributed by atoms with Crippen molar-refractivity contribution in [3.8, 4) is 0 Å². The summed E-state index contributed by atoms with van der Waals surface area (Å²) in [6.07, 6.45) is 1.70. The zero-order valence-electron chi connectivity index (χ0n) is 10.0. The van der Waals surface area contributed by atoms with Crippen LogP contribution in [0.1, 0.15) is 31.1 Å². The van der Waals surface area contributed by atoms with E-state index in [1.165, 1.54) is 0 Å². The van der Waals surface area contributed by atoms with Crippen LogP contribution >= 0.6 is 11.6 Å². The van der Waals surface area contributed by atoms with Gasteiger partial charge in [0.25, 0.3) is 0 Å². The fraction of sp³-hybridized carbons (Fsp3) is 0.308. The largest absolute Gasteiger partial charge is 0.456 e. The molecule has 1 N–H and O–H groups in total. The predicted octanol–water partition coefficient (Wildman–Crippen LogP) is 3.78. The summed E-state index contributed by atoms with van der Waals surface area (Å²) in [7, 11) is 0. The highest BCUT2D eigenvalue weighted by Crippen LogP contribution is 2.24. The van der Waals surface area contributed by atoms with E-state index in [1.807, 2.05) is 26.8 Å². The molecule has 0 saturated carbocycles. The first-order valence-electron chi connectivity index (χ1n) is 5.37. The molecule has 0 aliphatic heterocycles. The minimum absolute atomic E-state index is 0.336. The van der Waals surface area contributed by atoms with Crippen LogP contribution in [0.5, 0.6) is 0 Å². The number of aromatic amines is 1. The van der Waals surface area contributed by atoms with Crippen LogP contribution in [0.4, 0.5) is 0 Å². The number of ether oxygens (including phenoxy) is 1. The maximum absolute atomic E-state index is 11.9. The quantitative estimate of drug-likeness (QED) is 0.784. The van der Waals surface area contributed by atoms with Gasteiger partial charge in [-0.2, -0.15) is 0 Å². The minimum atomic E-state index is -0.492. The Hall–Kier alpha value is -1.48. The Kier molecular flexibility index (Phi) is 2.87. The average Bonchev–Trinajstić information content (AvgIpc) is 2.57. The molecule has 0 radical (unpaired) electrons. The Labute approximate surface area is 105 Å². The van der Waals surface area contributed by atoms with Crippen LogP contribution in [0.2, 0.25) is 5.02 Å². The van der Waals surface area contributed by atoms with E-state index in [0.29, 0.717) is 10.6 Å². The molecule has 0 amide bonds. The Morgan fingerprint density at radius 2 is 2.06 bits per heavy atom. The summed E-state index contributed by atoms with van der Waals surface area (Å²) in [6.45, 7) is 5.52. The summed E-state index contributed by atoms with van der Waals surface area (Å²) in [5.41, 5.74) is 0.921. The molecule has 17 heavy (non-hydrogen) atoms. The molecular formula is C13H14ClNO2. The second-order valence-corrected chi connectivity index (χ2v) is 5.31. The molecule has 1 aromatic carbocycles. The average molecular weight is 252 g/mol. The summed E-state index contributed by atoms with van der Waals surface area (Å²) in [4.78, 5) is 14.9. The van der Waals surface area contributed by atoms with Crippen molar-refractivity contribution in [1.82, 2.24) is 4.98 Å². The Bertz CT molecular complexity index is 566. The molecule has 2 rings (SSSR count). The van der Waals surface area contributed by atoms with Gasteiger partial charge in [-0.1, -0.05) is 11.6 Å². The van der Waals surface area contributed by atoms with Crippen molar-refractivity contribution in [2.45, 2.75) is 26.4 Å². The summed E-state index contributed by atoms with van der Waals surface area (Å²) in [5.74, 6) is -0.336. The van der Waals surface area contributed by atoms with Gasteiger partial charge in [0.1, 0.15) is 5.60 Å². The van der Waals surface area contributed by atoms with Gasteiger partial charge in [-0.15, -0.1) is 0 Å². The third kappa shape index (κ3) is 2.61. The van der Waals surface area contributed by atoms with Gasteiger partial charge in [-0.25, -0.2) is 4.79 Å². The van der Waals surface area contributed by atoms with E-state index in [1.54, 1.807) is 18.3 Å². The van der Waals surface area contributed by atoms with E-state index in [-0.39, 0.29) is 5.97 Å². The molecule has 1 heterocycles. The van der Waals surface area contributed by atoms with E-state index in [4.69, 9.17) is 16.3 Å². The van der Waals surface area contributed by atoms with Crippen molar-refractivity contribution >= 4 is 28.5 Å². The lowest BCUT2D eigenvalue weighted by atomic mass is 10.1. The summed E-state index contributed by atoms with van der Waals surface area (Å²) < 4.78 is 5.30. The van der Waals surface area contributed by atoms with Crippen molar-refractivity contribution in [2.24, 2.45) is 0 Å². The molecule has 1 aromatic heterocycles. The molecular weight excluding hydrogens is 238 g/mol. The van der Waals surface area contributed by atoms with Crippen LogP contribution in [0.3, 0.4) is 0 Å². The number of carbonyl (C=O) groups is 1. The number of H-pyrrole nitrogens is 1. The smallest absolute Gasteiger partial charge is 0.338 e. The van der Waals surface area contributed by atoms with Gasteiger partial charge < -0.3 is 9.72 Å². The molecule has 2 aromatic rings. The number of hydrogen-bond acceptors (Lipinski definition) is 2. The molecule has 0 aliphatic rings. The van der Waals surface area contributed by atoms with Crippen molar-refractivity contribution in [2.75, 3.05) is 0 Å². The number of esters is 1. The standard InChI is InChI=1S/C13H14ClNO2/c1-13(2,3)17-12(16)8-4-5-11-9(6-8)10(14)7-15-11/h4-7,15H,1-3H3. The van der Waals surface area contributed by atoms with Crippen LogP contribution in [0.15, 0.2) is 24.4 Å². The summed E-state index contributed by atoms with van der Waals surface area (Å²) in [5, 5.41) is 1.43. The van der Waals surface area contributed by atoms with Crippen LogP contribution in [-0.4, -0.2) is 16.6 Å². The van der Waals surface area contributed by atoms with Crippen LogP contribution in [0, 0.1) is 0 Å².